The van der Waals surface area contributed by atoms with Crippen molar-refractivity contribution in [3.63, 3.8) is 0 Å². The summed E-state index contributed by atoms with van der Waals surface area (Å²) in [6, 6.07) is 14.6. The Labute approximate surface area is 139 Å². The number of para-hydroxylation sites is 1. The lowest BCUT2D eigenvalue weighted by molar-refractivity contribution is 0.108. The molecule has 124 valence electrons. The number of hydrogen-bond acceptors (Lipinski definition) is 3. The van der Waals surface area contributed by atoms with Gasteiger partial charge in [0.2, 0.25) is 0 Å². The van der Waals surface area contributed by atoms with Gasteiger partial charge in [0.25, 0.3) is 0 Å². The molecule has 0 heterocycles. The number of aryl methyl sites for hydroxylation is 2. The van der Waals surface area contributed by atoms with Crippen LogP contribution >= 0.6 is 0 Å². The molecule has 2 N–H and O–H groups in total. The van der Waals surface area contributed by atoms with Crippen LogP contribution < -0.4 is 10.5 Å². The first-order valence-electron chi connectivity index (χ1n) is 8.29. The van der Waals surface area contributed by atoms with Crippen molar-refractivity contribution in [2.45, 2.75) is 39.4 Å². The maximum absolute atomic E-state index is 6.22. The number of benzene rings is 2. The van der Waals surface area contributed by atoms with Crippen molar-refractivity contribution in [2.24, 2.45) is 5.73 Å². The Bertz CT molecular complexity index is 599. The highest BCUT2D eigenvalue weighted by atomic mass is 16.5. The van der Waals surface area contributed by atoms with Gasteiger partial charge in [0.1, 0.15) is 12.4 Å². The third-order valence-corrected chi connectivity index (χ3v) is 4.21. The monoisotopic (exact) mass is 313 g/mol. The van der Waals surface area contributed by atoms with E-state index >= 15 is 0 Å². The zero-order valence-corrected chi connectivity index (χ0v) is 14.3. The molecule has 0 bridgehead atoms. The molecular formula is C20H27NO2. The van der Waals surface area contributed by atoms with Gasteiger partial charge in [0.15, 0.2) is 0 Å². The van der Waals surface area contributed by atoms with E-state index in [1.807, 2.05) is 12.1 Å². The molecule has 0 radical (unpaired) electrons. The minimum Gasteiger partial charge on any atom is -0.488 e. The molecule has 0 fully saturated rings. The average molecular weight is 313 g/mol. The smallest absolute Gasteiger partial charge is 0.126 e. The van der Waals surface area contributed by atoms with Crippen LogP contribution in [0.1, 0.15) is 42.2 Å². The molecule has 0 saturated carbocycles. The summed E-state index contributed by atoms with van der Waals surface area (Å²) in [5, 5.41) is 0. The van der Waals surface area contributed by atoms with Gasteiger partial charge < -0.3 is 15.2 Å². The molecule has 2 rings (SSSR count). The van der Waals surface area contributed by atoms with E-state index in [2.05, 4.69) is 44.2 Å². The predicted octanol–water partition coefficient (Wildman–Crippen LogP) is 4.04. The van der Waals surface area contributed by atoms with Gasteiger partial charge in [-0.05, 0) is 35.1 Å². The van der Waals surface area contributed by atoms with Crippen molar-refractivity contribution in [2.75, 3.05) is 13.7 Å². The Balaban J connectivity index is 2.25. The van der Waals surface area contributed by atoms with Crippen molar-refractivity contribution < 1.29 is 9.47 Å². The van der Waals surface area contributed by atoms with Crippen molar-refractivity contribution >= 4 is 0 Å². The Morgan fingerprint density at radius 3 is 2.09 bits per heavy atom. The van der Waals surface area contributed by atoms with Crippen molar-refractivity contribution in [3.05, 3.63) is 64.7 Å². The van der Waals surface area contributed by atoms with E-state index in [1.165, 1.54) is 11.1 Å². The summed E-state index contributed by atoms with van der Waals surface area (Å²) in [5.41, 5.74) is 10.5. The highest BCUT2D eigenvalue weighted by molar-refractivity contribution is 5.42. The fraction of sp³-hybridized carbons (Fsp3) is 0.400. The summed E-state index contributed by atoms with van der Waals surface area (Å²) >= 11 is 0. The van der Waals surface area contributed by atoms with Gasteiger partial charge >= 0.3 is 0 Å². The second-order valence-corrected chi connectivity index (χ2v) is 5.56. The van der Waals surface area contributed by atoms with Crippen molar-refractivity contribution in [1.82, 2.24) is 0 Å². The molecule has 0 amide bonds. The molecule has 3 heteroatoms. The lowest BCUT2D eigenvalue weighted by Crippen LogP contribution is -2.16. The summed E-state index contributed by atoms with van der Waals surface area (Å²) in [4.78, 5) is 0. The number of ether oxygens (including phenoxy) is 2. The summed E-state index contributed by atoms with van der Waals surface area (Å²) in [6.45, 7) is 5.30. The molecule has 0 aliphatic carbocycles. The fourth-order valence-corrected chi connectivity index (χ4v) is 2.86. The first-order valence-corrected chi connectivity index (χ1v) is 8.29. The van der Waals surface area contributed by atoms with E-state index in [0.717, 1.165) is 29.7 Å². The molecule has 0 saturated heterocycles. The predicted molar refractivity (Wildman–Crippen MR) is 94.8 cm³/mol. The van der Waals surface area contributed by atoms with Gasteiger partial charge in [-0.2, -0.15) is 0 Å². The fourth-order valence-electron chi connectivity index (χ4n) is 2.86. The average Bonchev–Trinajstić information content (AvgIpc) is 2.61. The standard InChI is InChI=1S/C20H27NO2/c1-4-15-10-8-11-16(5-2)20(15)23-14-17-9-6-7-12-18(17)19(13-21)22-3/h6-12,19H,4-5,13-14,21H2,1-3H3. The van der Waals surface area contributed by atoms with Crippen LogP contribution in [0.4, 0.5) is 0 Å². The number of nitrogens with two attached hydrogens (primary N) is 1. The molecule has 1 atom stereocenters. The lowest BCUT2D eigenvalue weighted by Gasteiger charge is -2.19. The summed E-state index contributed by atoms with van der Waals surface area (Å²) in [7, 11) is 1.69. The van der Waals surface area contributed by atoms with E-state index in [9.17, 15) is 0 Å². The van der Waals surface area contributed by atoms with Crippen LogP contribution in [0.5, 0.6) is 5.75 Å². The van der Waals surface area contributed by atoms with Gasteiger partial charge in [-0.3, -0.25) is 0 Å². The zero-order valence-electron chi connectivity index (χ0n) is 14.3. The summed E-state index contributed by atoms with van der Waals surface area (Å²) < 4.78 is 11.7. The van der Waals surface area contributed by atoms with Crippen LogP contribution in [-0.4, -0.2) is 13.7 Å². The number of methoxy groups -OCH3 is 1. The van der Waals surface area contributed by atoms with Crippen LogP contribution in [0.3, 0.4) is 0 Å². The molecule has 2 aromatic carbocycles. The Hall–Kier alpha value is -1.84. The van der Waals surface area contributed by atoms with Crippen LogP contribution in [0.15, 0.2) is 42.5 Å². The van der Waals surface area contributed by atoms with Gasteiger partial charge in [0, 0.05) is 13.7 Å². The van der Waals surface area contributed by atoms with Gasteiger partial charge in [-0.25, -0.2) is 0 Å². The SMILES string of the molecule is CCc1cccc(CC)c1OCc1ccccc1C(CN)OC. The minimum absolute atomic E-state index is 0.0955. The van der Waals surface area contributed by atoms with Crippen molar-refractivity contribution in [3.8, 4) is 5.75 Å². The Morgan fingerprint density at radius 1 is 0.913 bits per heavy atom. The summed E-state index contributed by atoms with van der Waals surface area (Å²) in [6.07, 6.45) is 1.84. The molecule has 0 spiro atoms. The number of rotatable bonds is 8. The van der Waals surface area contributed by atoms with E-state index in [1.54, 1.807) is 7.11 Å². The van der Waals surface area contributed by atoms with E-state index < -0.39 is 0 Å². The van der Waals surface area contributed by atoms with Crippen LogP contribution in [0.25, 0.3) is 0 Å². The second kappa shape index (κ2) is 8.70. The lowest BCUT2D eigenvalue weighted by atomic mass is 10.0. The van der Waals surface area contributed by atoms with E-state index in [-0.39, 0.29) is 6.10 Å². The maximum Gasteiger partial charge on any atom is 0.126 e. The second-order valence-electron chi connectivity index (χ2n) is 5.56. The van der Waals surface area contributed by atoms with Crippen LogP contribution in [0, 0.1) is 0 Å². The summed E-state index contributed by atoms with van der Waals surface area (Å²) in [5.74, 6) is 1.02. The largest absolute Gasteiger partial charge is 0.488 e. The van der Waals surface area contributed by atoms with Gasteiger partial charge in [0.05, 0.1) is 6.10 Å². The van der Waals surface area contributed by atoms with Crippen LogP contribution in [-0.2, 0) is 24.2 Å². The highest BCUT2D eigenvalue weighted by Gasteiger charge is 2.14. The van der Waals surface area contributed by atoms with Crippen molar-refractivity contribution in [1.29, 1.82) is 0 Å². The molecule has 0 aromatic heterocycles. The topological polar surface area (TPSA) is 44.5 Å². The first-order chi connectivity index (χ1) is 11.2. The van der Waals surface area contributed by atoms with Gasteiger partial charge in [-0.1, -0.05) is 56.3 Å². The normalized spacial score (nSPS) is 12.2. The first kappa shape index (κ1) is 17.5. The minimum atomic E-state index is -0.0955. The molecule has 0 aliphatic rings. The molecule has 3 nitrogen and oxygen atoms in total. The quantitative estimate of drug-likeness (QED) is 0.800. The van der Waals surface area contributed by atoms with E-state index in [4.69, 9.17) is 15.2 Å². The Kier molecular flexibility index (Phi) is 6.63. The van der Waals surface area contributed by atoms with Crippen LogP contribution in [0.2, 0.25) is 0 Å². The molecule has 2 aromatic rings. The molecule has 0 aliphatic heterocycles. The number of hydrogen-bond donors (Lipinski definition) is 1. The molecule has 23 heavy (non-hydrogen) atoms. The molecule has 1 unspecified atom stereocenters. The third kappa shape index (κ3) is 4.12. The maximum atomic E-state index is 6.22. The van der Waals surface area contributed by atoms with Gasteiger partial charge in [-0.15, -0.1) is 0 Å². The molecular weight excluding hydrogens is 286 g/mol. The Morgan fingerprint density at radius 2 is 1.52 bits per heavy atom. The van der Waals surface area contributed by atoms with E-state index in [0.29, 0.717) is 13.2 Å². The third-order valence-electron chi connectivity index (χ3n) is 4.21. The highest BCUT2D eigenvalue weighted by Crippen LogP contribution is 2.28. The zero-order chi connectivity index (χ0) is 16.7.